The summed E-state index contributed by atoms with van der Waals surface area (Å²) in [5.41, 5.74) is 3.18. The lowest BCUT2D eigenvalue weighted by molar-refractivity contribution is -0.117. The number of anilines is 3. The molecular formula is C26H32N6O. The minimum absolute atomic E-state index is 0.110. The maximum absolute atomic E-state index is 12.6. The summed E-state index contributed by atoms with van der Waals surface area (Å²) in [5, 5.41) is 7.95. The van der Waals surface area contributed by atoms with Gasteiger partial charge in [-0.15, -0.1) is 0 Å². The summed E-state index contributed by atoms with van der Waals surface area (Å²) in [6, 6.07) is 17.1. The number of carbonyl (C=O) groups is 1. The summed E-state index contributed by atoms with van der Waals surface area (Å²) in [7, 11) is 0. The molecule has 1 aromatic heterocycles. The predicted octanol–water partition coefficient (Wildman–Crippen LogP) is 3.82. The van der Waals surface area contributed by atoms with Gasteiger partial charge >= 0.3 is 0 Å². The Labute approximate surface area is 195 Å². The van der Waals surface area contributed by atoms with Gasteiger partial charge in [-0.25, -0.2) is 9.97 Å². The molecule has 0 atom stereocenters. The zero-order chi connectivity index (χ0) is 22.6. The average Bonchev–Trinajstić information content (AvgIpc) is 2.86. The summed E-state index contributed by atoms with van der Waals surface area (Å²) in [5.74, 6) is 0.795. The van der Waals surface area contributed by atoms with Crippen LogP contribution in [0, 0.1) is 0 Å². The number of nitrogens with zero attached hydrogens (tertiary/aromatic N) is 4. The van der Waals surface area contributed by atoms with E-state index in [0.29, 0.717) is 12.0 Å². The summed E-state index contributed by atoms with van der Waals surface area (Å²) in [6.07, 6.45) is 5.78. The number of hydrogen-bond donors (Lipinski definition) is 2. The number of nitrogens with one attached hydrogen (secondary N) is 2. The standard InChI is InChI=1S/C26H32N6O/c1-19(33)32(24-12-10-22(11-13-24)31-16-14-27-15-17-31)23-8-6-21(7-9-23)29-26-28-18-20-4-2-3-5-25(20)30-26/h2-5,10-13,18,21,23,27H,6-9,14-17H2,1H3,(H,28,29,30). The van der Waals surface area contributed by atoms with Crippen LogP contribution >= 0.6 is 0 Å². The topological polar surface area (TPSA) is 73.4 Å². The fourth-order valence-electron chi connectivity index (χ4n) is 5.10. The third kappa shape index (κ3) is 4.93. The fraction of sp³-hybridized carbons (Fsp3) is 0.423. The summed E-state index contributed by atoms with van der Waals surface area (Å²) in [6.45, 7) is 5.75. The Balaban J connectivity index is 1.22. The molecule has 1 aliphatic heterocycles. The minimum Gasteiger partial charge on any atom is -0.369 e. The number of amides is 1. The van der Waals surface area contributed by atoms with Crippen molar-refractivity contribution < 1.29 is 4.79 Å². The van der Waals surface area contributed by atoms with Crippen LogP contribution in [0.3, 0.4) is 0 Å². The highest BCUT2D eigenvalue weighted by Crippen LogP contribution is 2.30. The number of piperazine rings is 1. The lowest BCUT2D eigenvalue weighted by atomic mass is 9.89. The first-order valence-corrected chi connectivity index (χ1v) is 12.0. The first-order chi connectivity index (χ1) is 16.2. The van der Waals surface area contributed by atoms with Gasteiger partial charge in [-0.1, -0.05) is 18.2 Å². The van der Waals surface area contributed by atoms with Gasteiger partial charge in [-0.2, -0.15) is 0 Å². The highest BCUT2D eigenvalue weighted by Gasteiger charge is 2.29. The minimum atomic E-state index is 0.110. The molecule has 5 rings (SSSR count). The normalized spacial score (nSPS) is 21.1. The van der Waals surface area contributed by atoms with E-state index in [2.05, 4.69) is 49.8 Å². The molecule has 33 heavy (non-hydrogen) atoms. The maximum Gasteiger partial charge on any atom is 0.224 e. The third-order valence-electron chi connectivity index (χ3n) is 6.83. The van der Waals surface area contributed by atoms with E-state index >= 15 is 0 Å². The second kappa shape index (κ2) is 9.75. The second-order valence-electron chi connectivity index (χ2n) is 9.04. The van der Waals surface area contributed by atoms with Crippen molar-refractivity contribution in [1.82, 2.24) is 15.3 Å². The molecule has 2 N–H and O–H groups in total. The van der Waals surface area contributed by atoms with E-state index in [-0.39, 0.29) is 11.9 Å². The monoisotopic (exact) mass is 444 g/mol. The second-order valence-corrected chi connectivity index (χ2v) is 9.04. The molecule has 0 bridgehead atoms. The molecule has 0 unspecified atom stereocenters. The van der Waals surface area contributed by atoms with Crippen LogP contribution in [0.15, 0.2) is 54.7 Å². The van der Waals surface area contributed by atoms with Gasteiger partial charge in [0.25, 0.3) is 0 Å². The molecule has 172 valence electrons. The van der Waals surface area contributed by atoms with Crippen LogP contribution in [0.25, 0.3) is 10.9 Å². The first kappa shape index (κ1) is 21.6. The molecule has 1 saturated carbocycles. The van der Waals surface area contributed by atoms with Crippen LogP contribution < -0.4 is 20.4 Å². The molecule has 2 heterocycles. The Bertz CT molecular complexity index is 1090. The number of carbonyl (C=O) groups excluding carboxylic acids is 1. The van der Waals surface area contributed by atoms with Gasteiger partial charge in [-0.3, -0.25) is 4.79 Å². The molecule has 2 aromatic carbocycles. The van der Waals surface area contributed by atoms with Gasteiger partial charge in [0.15, 0.2) is 0 Å². The van der Waals surface area contributed by atoms with E-state index in [0.717, 1.165) is 68.5 Å². The zero-order valence-electron chi connectivity index (χ0n) is 19.2. The van der Waals surface area contributed by atoms with E-state index in [1.165, 1.54) is 5.69 Å². The van der Waals surface area contributed by atoms with Crippen molar-refractivity contribution >= 4 is 34.1 Å². The predicted molar refractivity (Wildman–Crippen MR) is 134 cm³/mol. The van der Waals surface area contributed by atoms with Gasteiger partial charge in [0.05, 0.1) is 5.52 Å². The van der Waals surface area contributed by atoms with Crippen molar-refractivity contribution in [2.75, 3.05) is 41.3 Å². The average molecular weight is 445 g/mol. The molecule has 2 aliphatic rings. The number of para-hydroxylation sites is 1. The Morgan fingerprint density at radius 2 is 1.76 bits per heavy atom. The lowest BCUT2D eigenvalue weighted by Gasteiger charge is -2.37. The number of rotatable bonds is 5. The van der Waals surface area contributed by atoms with Crippen LogP contribution in [-0.2, 0) is 4.79 Å². The quantitative estimate of drug-likeness (QED) is 0.623. The molecule has 1 saturated heterocycles. The molecule has 1 amide bonds. The van der Waals surface area contributed by atoms with Crippen molar-refractivity contribution in [3.05, 3.63) is 54.7 Å². The van der Waals surface area contributed by atoms with Crippen molar-refractivity contribution in [3.63, 3.8) is 0 Å². The van der Waals surface area contributed by atoms with Gasteiger partial charge < -0.3 is 20.4 Å². The van der Waals surface area contributed by atoms with E-state index in [1.807, 2.05) is 35.4 Å². The smallest absolute Gasteiger partial charge is 0.224 e. The van der Waals surface area contributed by atoms with Gasteiger partial charge in [-0.05, 0) is 56.0 Å². The fourth-order valence-corrected chi connectivity index (χ4v) is 5.10. The van der Waals surface area contributed by atoms with Crippen LogP contribution in [0.4, 0.5) is 17.3 Å². The molecule has 1 aliphatic carbocycles. The van der Waals surface area contributed by atoms with Gasteiger partial charge in [0.2, 0.25) is 11.9 Å². The zero-order valence-corrected chi connectivity index (χ0v) is 19.2. The Kier molecular flexibility index (Phi) is 6.39. The summed E-state index contributed by atoms with van der Waals surface area (Å²) < 4.78 is 0. The SMILES string of the molecule is CC(=O)N(c1ccc(N2CCNCC2)cc1)C1CCC(Nc2ncc3ccccc3n2)CC1. The number of hydrogen-bond acceptors (Lipinski definition) is 6. The number of fused-ring (bicyclic) bond motifs is 1. The van der Waals surface area contributed by atoms with Crippen LogP contribution in [0.2, 0.25) is 0 Å². The first-order valence-electron chi connectivity index (χ1n) is 12.0. The van der Waals surface area contributed by atoms with E-state index in [4.69, 9.17) is 0 Å². The molecular weight excluding hydrogens is 412 g/mol. The van der Waals surface area contributed by atoms with Gasteiger partial charge in [0, 0.05) is 68.1 Å². The Morgan fingerprint density at radius 3 is 2.48 bits per heavy atom. The molecule has 0 radical (unpaired) electrons. The van der Waals surface area contributed by atoms with E-state index in [9.17, 15) is 4.79 Å². The highest BCUT2D eigenvalue weighted by molar-refractivity contribution is 5.92. The highest BCUT2D eigenvalue weighted by atomic mass is 16.2. The van der Waals surface area contributed by atoms with E-state index < -0.39 is 0 Å². The number of aromatic nitrogens is 2. The van der Waals surface area contributed by atoms with Crippen LogP contribution in [0.1, 0.15) is 32.6 Å². The Morgan fingerprint density at radius 1 is 1.03 bits per heavy atom. The van der Waals surface area contributed by atoms with E-state index in [1.54, 1.807) is 6.92 Å². The largest absolute Gasteiger partial charge is 0.369 e. The van der Waals surface area contributed by atoms with Crippen LogP contribution in [-0.4, -0.2) is 54.1 Å². The van der Waals surface area contributed by atoms with Gasteiger partial charge in [0.1, 0.15) is 0 Å². The maximum atomic E-state index is 12.6. The molecule has 7 heteroatoms. The van der Waals surface area contributed by atoms with Crippen LogP contribution in [0.5, 0.6) is 0 Å². The number of benzene rings is 2. The summed E-state index contributed by atoms with van der Waals surface area (Å²) in [4.78, 5) is 26.1. The van der Waals surface area contributed by atoms with Crippen molar-refractivity contribution in [3.8, 4) is 0 Å². The Hall–Kier alpha value is -3.19. The molecule has 0 spiro atoms. The molecule has 3 aromatic rings. The van der Waals surface area contributed by atoms with Crippen molar-refractivity contribution in [2.24, 2.45) is 0 Å². The summed E-state index contributed by atoms with van der Waals surface area (Å²) >= 11 is 0. The van der Waals surface area contributed by atoms with Crippen molar-refractivity contribution in [2.45, 2.75) is 44.7 Å². The molecule has 7 nitrogen and oxygen atoms in total. The van der Waals surface area contributed by atoms with Crippen molar-refractivity contribution in [1.29, 1.82) is 0 Å². The molecule has 2 fully saturated rings. The lowest BCUT2D eigenvalue weighted by Crippen LogP contribution is -2.44. The third-order valence-corrected chi connectivity index (χ3v) is 6.83.